The summed E-state index contributed by atoms with van der Waals surface area (Å²) in [5, 5.41) is 0. The van der Waals surface area contributed by atoms with Crippen molar-refractivity contribution in [1.29, 1.82) is 0 Å². The largest absolute Gasteiger partial charge is 0.494 e. The van der Waals surface area contributed by atoms with E-state index in [4.69, 9.17) is 4.74 Å². The van der Waals surface area contributed by atoms with Gasteiger partial charge in [-0.3, -0.25) is 0 Å². The van der Waals surface area contributed by atoms with Gasteiger partial charge >= 0.3 is 0 Å². The molecule has 19 heavy (non-hydrogen) atoms. The maximum absolute atomic E-state index is 5.50. The normalized spacial score (nSPS) is 12.5. The average Bonchev–Trinajstić information content (AvgIpc) is 2.69. The predicted octanol–water partition coefficient (Wildman–Crippen LogP) is 6.46. The molecule has 0 aliphatic heterocycles. The van der Waals surface area contributed by atoms with E-state index in [0.717, 1.165) is 10.2 Å². The molecule has 0 bridgehead atoms. The van der Waals surface area contributed by atoms with Crippen LogP contribution in [0.25, 0.3) is 0 Å². The third-order valence-corrected chi connectivity index (χ3v) is 6.86. The van der Waals surface area contributed by atoms with Gasteiger partial charge in [0.1, 0.15) is 5.75 Å². The highest BCUT2D eigenvalue weighted by Gasteiger charge is 2.17. The molecule has 0 aliphatic rings. The van der Waals surface area contributed by atoms with E-state index >= 15 is 0 Å². The molecule has 102 valence electrons. The quantitative estimate of drug-likeness (QED) is 0.467. The summed E-state index contributed by atoms with van der Waals surface area (Å²) in [6.07, 6.45) is 0. The molecule has 0 saturated carbocycles. The van der Waals surface area contributed by atoms with Crippen molar-refractivity contribution in [2.24, 2.45) is 0 Å². The number of hydrogen-bond donors (Lipinski definition) is 0. The summed E-state index contributed by atoms with van der Waals surface area (Å²) in [5.74, 6) is 0.890. The molecule has 1 atom stereocenters. The number of hydrogen-bond acceptors (Lipinski definition) is 2. The summed E-state index contributed by atoms with van der Waals surface area (Å²) in [5.41, 5.74) is 2.48. The van der Waals surface area contributed by atoms with Crippen LogP contribution in [0, 0.1) is 6.92 Å². The van der Waals surface area contributed by atoms with Crippen LogP contribution in [0.3, 0.4) is 0 Å². The van der Waals surface area contributed by atoms with Crippen LogP contribution in [0.2, 0.25) is 0 Å². The van der Waals surface area contributed by atoms with Crippen LogP contribution in [-0.4, -0.2) is 6.61 Å². The second-order valence-electron chi connectivity index (χ2n) is 4.08. The van der Waals surface area contributed by atoms with Gasteiger partial charge in [0.25, 0.3) is 0 Å². The number of aryl methyl sites for hydroxylation is 1. The fraction of sp³-hybridized carbons (Fsp3) is 0.286. The minimum atomic E-state index is 0.188. The zero-order chi connectivity index (χ0) is 14.0. The number of halogens is 3. The first-order chi connectivity index (χ1) is 9.02. The van der Waals surface area contributed by atoms with Gasteiger partial charge in [0.15, 0.2) is 0 Å². The van der Waals surface area contributed by atoms with Crippen molar-refractivity contribution < 1.29 is 4.74 Å². The Kier molecular flexibility index (Phi) is 5.52. The molecule has 0 amide bonds. The molecule has 1 heterocycles. The fourth-order valence-electron chi connectivity index (χ4n) is 1.73. The summed E-state index contributed by atoms with van der Waals surface area (Å²) in [6.45, 7) is 4.78. The third kappa shape index (κ3) is 3.63. The molecule has 1 nitrogen and oxygen atoms in total. The Labute approximate surface area is 142 Å². The Balaban J connectivity index is 2.30. The number of ether oxygens (including phenoxy) is 1. The molecule has 1 unspecified atom stereocenters. The van der Waals surface area contributed by atoms with Gasteiger partial charge in [-0.05, 0) is 59.1 Å². The standard InChI is InChI=1S/C14H13Br3OS/c1-3-18-9-4-5-10(11(15)7-9)13(16)12-6-8(2)14(17)19-12/h4-7,13H,3H2,1-2H3. The highest BCUT2D eigenvalue weighted by molar-refractivity contribution is 9.11. The first-order valence-electron chi connectivity index (χ1n) is 5.85. The molecule has 0 N–H and O–H groups in total. The van der Waals surface area contributed by atoms with E-state index in [1.54, 1.807) is 11.3 Å². The lowest BCUT2D eigenvalue weighted by atomic mass is 10.1. The van der Waals surface area contributed by atoms with Crippen LogP contribution in [0.4, 0.5) is 0 Å². The molecular weight excluding hydrogens is 456 g/mol. The minimum Gasteiger partial charge on any atom is -0.494 e. The molecule has 0 fully saturated rings. The molecule has 0 spiro atoms. The van der Waals surface area contributed by atoms with Crippen LogP contribution >= 0.6 is 59.1 Å². The summed E-state index contributed by atoms with van der Waals surface area (Å²) >= 11 is 12.7. The molecule has 0 saturated heterocycles. The van der Waals surface area contributed by atoms with Gasteiger partial charge in [-0.25, -0.2) is 0 Å². The lowest BCUT2D eigenvalue weighted by Gasteiger charge is -2.12. The van der Waals surface area contributed by atoms with Crippen molar-refractivity contribution in [3.8, 4) is 5.75 Å². The first-order valence-corrected chi connectivity index (χ1v) is 9.17. The van der Waals surface area contributed by atoms with E-state index in [1.165, 1.54) is 19.8 Å². The van der Waals surface area contributed by atoms with Crippen LogP contribution in [0.1, 0.15) is 27.8 Å². The van der Waals surface area contributed by atoms with Crippen LogP contribution in [0.5, 0.6) is 5.75 Å². The molecule has 2 aromatic rings. The molecule has 1 aromatic carbocycles. The Morgan fingerprint density at radius 1 is 1.26 bits per heavy atom. The Bertz CT molecular complexity index is 561. The Hall–Kier alpha value is 0.160. The van der Waals surface area contributed by atoms with Gasteiger partial charge in [-0.2, -0.15) is 0 Å². The number of benzene rings is 1. The average molecular weight is 469 g/mol. The number of rotatable bonds is 4. The Morgan fingerprint density at radius 2 is 2.00 bits per heavy atom. The summed E-state index contributed by atoms with van der Waals surface area (Å²) in [6, 6.07) is 8.32. The van der Waals surface area contributed by atoms with Gasteiger partial charge < -0.3 is 4.74 Å². The van der Waals surface area contributed by atoms with Gasteiger partial charge in [0.05, 0.1) is 15.2 Å². The SMILES string of the molecule is CCOc1ccc(C(Br)c2cc(C)c(Br)s2)c(Br)c1. The van der Waals surface area contributed by atoms with Crippen molar-refractivity contribution in [1.82, 2.24) is 0 Å². The van der Waals surface area contributed by atoms with E-state index in [2.05, 4.69) is 66.8 Å². The molecule has 0 aliphatic carbocycles. The van der Waals surface area contributed by atoms with E-state index < -0.39 is 0 Å². The van der Waals surface area contributed by atoms with Crippen molar-refractivity contribution in [2.75, 3.05) is 6.61 Å². The monoisotopic (exact) mass is 466 g/mol. The third-order valence-electron chi connectivity index (χ3n) is 2.68. The second-order valence-corrected chi connectivity index (χ2v) is 8.26. The number of alkyl halides is 1. The molecular formula is C14H13Br3OS. The molecule has 1 aromatic heterocycles. The van der Waals surface area contributed by atoms with Crippen molar-refractivity contribution in [2.45, 2.75) is 18.7 Å². The summed E-state index contributed by atoms with van der Waals surface area (Å²) in [7, 11) is 0. The maximum atomic E-state index is 5.50. The zero-order valence-corrected chi connectivity index (χ0v) is 16.1. The number of thiophene rings is 1. The zero-order valence-electron chi connectivity index (χ0n) is 10.5. The van der Waals surface area contributed by atoms with E-state index in [1.807, 2.05) is 19.1 Å². The first kappa shape index (κ1) is 15.5. The van der Waals surface area contributed by atoms with Gasteiger partial charge in [0.2, 0.25) is 0 Å². The lowest BCUT2D eigenvalue weighted by molar-refractivity contribution is 0.340. The van der Waals surface area contributed by atoms with Crippen LogP contribution in [0.15, 0.2) is 32.5 Å². The maximum Gasteiger partial charge on any atom is 0.120 e. The summed E-state index contributed by atoms with van der Waals surface area (Å²) < 4.78 is 7.75. The lowest BCUT2D eigenvalue weighted by Crippen LogP contribution is -1.95. The summed E-state index contributed by atoms with van der Waals surface area (Å²) in [4.78, 5) is 1.47. The molecule has 5 heteroatoms. The minimum absolute atomic E-state index is 0.188. The Morgan fingerprint density at radius 3 is 2.53 bits per heavy atom. The smallest absolute Gasteiger partial charge is 0.120 e. The topological polar surface area (TPSA) is 9.23 Å². The van der Waals surface area contributed by atoms with Gasteiger partial charge in [-0.1, -0.05) is 37.9 Å². The van der Waals surface area contributed by atoms with Crippen molar-refractivity contribution in [3.63, 3.8) is 0 Å². The highest BCUT2D eigenvalue weighted by atomic mass is 79.9. The highest BCUT2D eigenvalue weighted by Crippen LogP contribution is 2.42. The van der Waals surface area contributed by atoms with Gasteiger partial charge in [0, 0.05) is 9.35 Å². The fourth-order valence-corrected chi connectivity index (χ4v) is 5.01. The molecule has 2 rings (SSSR count). The second kappa shape index (κ2) is 6.74. The van der Waals surface area contributed by atoms with Gasteiger partial charge in [-0.15, -0.1) is 11.3 Å². The van der Waals surface area contributed by atoms with Crippen LogP contribution in [-0.2, 0) is 0 Å². The van der Waals surface area contributed by atoms with E-state index in [0.29, 0.717) is 6.61 Å². The van der Waals surface area contributed by atoms with E-state index in [9.17, 15) is 0 Å². The van der Waals surface area contributed by atoms with Crippen LogP contribution < -0.4 is 4.74 Å². The van der Waals surface area contributed by atoms with E-state index in [-0.39, 0.29) is 4.83 Å². The predicted molar refractivity (Wildman–Crippen MR) is 92.8 cm³/mol. The molecule has 0 radical (unpaired) electrons. The van der Waals surface area contributed by atoms with Crippen molar-refractivity contribution in [3.05, 3.63) is 48.5 Å². The van der Waals surface area contributed by atoms with Crippen molar-refractivity contribution >= 4 is 59.1 Å².